The molecule has 0 fully saturated rings. The average molecular weight is 358 g/mol. The van der Waals surface area contributed by atoms with Crippen LogP contribution >= 0.6 is 15.9 Å². The summed E-state index contributed by atoms with van der Waals surface area (Å²) in [6.45, 7) is 2.47. The topological polar surface area (TPSA) is 12.0 Å². The summed E-state index contributed by atoms with van der Waals surface area (Å²) in [6.07, 6.45) is 0.354. The maximum Gasteiger partial charge on any atom is 0.137 e. The summed E-state index contributed by atoms with van der Waals surface area (Å²) in [6, 6.07) is 7.64. The minimum absolute atomic E-state index is 0.244. The standard InChI is InChI=1S/C16H15BrF3N/c1-2-21-15(12-9-11(18)6-7-13(12)19)8-10-4-3-5-14(20)16(10)17/h3-7,9,15,21H,2,8H2,1H3. The lowest BCUT2D eigenvalue weighted by molar-refractivity contribution is 0.500. The van der Waals surface area contributed by atoms with Crippen molar-refractivity contribution in [3.63, 3.8) is 0 Å². The Kier molecular flexibility index (Phi) is 5.42. The Morgan fingerprint density at radius 1 is 1.10 bits per heavy atom. The smallest absolute Gasteiger partial charge is 0.137 e. The quantitative estimate of drug-likeness (QED) is 0.813. The maximum atomic E-state index is 13.9. The summed E-state index contributed by atoms with van der Waals surface area (Å²) in [7, 11) is 0. The SMILES string of the molecule is CCNC(Cc1cccc(F)c1Br)c1cc(F)ccc1F. The van der Waals surface area contributed by atoms with Crippen LogP contribution in [0.4, 0.5) is 13.2 Å². The molecule has 1 nitrogen and oxygen atoms in total. The van der Waals surface area contributed by atoms with Crippen molar-refractivity contribution in [2.24, 2.45) is 0 Å². The van der Waals surface area contributed by atoms with Crippen molar-refractivity contribution in [2.75, 3.05) is 6.54 Å². The van der Waals surface area contributed by atoms with Gasteiger partial charge in [-0.15, -0.1) is 0 Å². The molecule has 2 aromatic carbocycles. The Morgan fingerprint density at radius 3 is 2.57 bits per heavy atom. The van der Waals surface area contributed by atoms with Crippen molar-refractivity contribution in [1.29, 1.82) is 0 Å². The normalized spacial score (nSPS) is 12.4. The zero-order valence-electron chi connectivity index (χ0n) is 11.5. The van der Waals surface area contributed by atoms with Gasteiger partial charge in [0.25, 0.3) is 0 Å². The number of rotatable bonds is 5. The molecule has 112 valence electrons. The molecule has 0 aromatic heterocycles. The molecular weight excluding hydrogens is 343 g/mol. The molecule has 1 atom stereocenters. The van der Waals surface area contributed by atoms with Gasteiger partial charge in [-0.1, -0.05) is 19.1 Å². The minimum atomic E-state index is -0.493. The summed E-state index contributed by atoms with van der Waals surface area (Å²) in [5, 5.41) is 3.11. The molecule has 0 aliphatic heterocycles. The second-order valence-electron chi connectivity index (χ2n) is 4.69. The van der Waals surface area contributed by atoms with Gasteiger partial charge in [-0.3, -0.25) is 0 Å². The molecule has 5 heteroatoms. The molecule has 0 aliphatic rings. The first kappa shape index (κ1) is 16.0. The molecule has 0 saturated carbocycles. The van der Waals surface area contributed by atoms with Crippen molar-refractivity contribution in [1.82, 2.24) is 5.32 Å². The molecule has 0 radical (unpaired) electrons. The van der Waals surface area contributed by atoms with Crippen molar-refractivity contribution in [3.05, 3.63) is 69.4 Å². The molecule has 0 saturated heterocycles. The van der Waals surface area contributed by atoms with Gasteiger partial charge in [0.05, 0.1) is 4.47 Å². The highest BCUT2D eigenvalue weighted by atomic mass is 79.9. The van der Waals surface area contributed by atoms with E-state index in [1.165, 1.54) is 12.1 Å². The first-order chi connectivity index (χ1) is 10.0. The number of nitrogens with one attached hydrogen (secondary N) is 1. The zero-order chi connectivity index (χ0) is 15.4. The van der Waals surface area contributed by atoms with Gasteiger partial charge >= 0.3 is 0 Å². The van der Waals surface area contributed by atoms with Crippen molar-refractivity contribution < 1.29 is 13.2 Å². The fraction of sp³-hybridized carbons (Fsp3) is 0.250. The Labute approximate surface area is 130 Å². The molecule has 1 unspecified atom stereocenters. The molecular formula is C16H15BrF3N. The number of hydrogen-bond acceptors (Lipinski definition) is 1. The maximum absolute atomic E-state index is 13.9. The van der Waals surface area contributed by atoms with E-state index >= 15 is 0 Å². The summed E-state index contributed by atoms with van der Waals surface area (Å²) >= 11 is 3.19. The Bertz CT molecular complexity index is 631. The predicted molar refractivity (Wildman–Crippen MR) is 80.6 cm³/mol. The van der Waals surface area contributed by atoms with Crippen LogP contribution in [0.15, 0.2) is 40.9 Å². The van der Waals surface area contributed by atoms with E-state index in [9.17, 15) is 13.2 Å². The van der Waals surface area contributed by atoms with Crippen molar-refractivity contribution in [3.8, 4) is 0 Å². The van der Waals surface area contributed by atoms with E-state index in [0.717, 1.165) is 12.1 Å². The van der Waals surface area contributed by atoms with E-state index in [4.69, 9.17) is 0 Å². The van der Waals surface area contributed by atoms with Gasteiger partial charge in [-0.05, 0) is 58.7 Å². The van der Waals surface area contributed by atoms with Crippen LogP contribution in [0.5, 0.6) is 0 Å². The predicted octanol–water partition coefficient (Wildman–Crippen LogP) is 4.76. The van der Waals surface area contributed by atoms with Gasteiger partial charge in [0.1, 0.15) is 17.5 Å². The van der Waals surface area contributed by atoms with E-state index in [1.54, 1.807) is 12.1 Å². The van der Waals surface area contributed by atoms with E-state index in [-0.39, 0.29) is 11.4 Å². The Hall–Kier alpha value is -1.33. The highest BCUT2D eigenvalue weighted by Crippen LogP contribution is 2.27. The Balaban J connectivity index is 2.35. The number of hydrogen-bond donors (Lipinski definition) is 1. The van der Waals surface area contributed by atoms with Gasteiger partial charge in [-0.25, -0.2) is 13.2 Å². The van der Waals surface area contributed by atoms with Gasteiger partial charge in [0.15, 0.2) is 0 Å². The summed E-state index contributed by atoms with van der Waals surface area (Å²) in [5.41, 5.74) is 0.942. The lowest BCUT2D eigenvalue weighted by Crippen LogP contribution is -2.24. The molecule has 0 bridgehead atoms. The third kappa shape index (κ3) is 3.86. The van der Waals surface area contributed by atoms with Crippen molar-refractivity contribution in [2.45, 2.75) is 19.4 Å². The van der Waals surface area contributed by atoms with Crippen LogP contribution in [0.3, 0.4) is 0 Å². The van der Waals surface area contributed by atoms with Crippen molar-refractivity contribution >= 4 is 15.9 Å². The molecule has 1 N–H and O–H groups in total. The summed E-state index contributed by atoms with van der Waals surface area (Å²) in [4.78, 5) is 0. The highest BCUT2D eigenvalue weighted by Gasteiger charge is 2.18. The van der Waals surface area contributed by atoms with Crippen LogP contribution in [-0.2, 0) is 6.42 Å². The molecule has 0 aliphatic carbocycles. The van der Waals surface area contributed by atoms with E-state index in [2.05, 4.69) is 21.2 Å². The lowest BCUT2D eigenvalue weighted by Gasteiger charge is -2.20. The first-order valence-electron chi connectivity index (χ1n) is 6.64. The molecule has 21 heavy (non-hydrogen) atoms. The fourth-order valence-electron chi connectivity index (χ4n) is 2.25. The van der Waals surface area contributed by atoms with Crippen LogP contribution in [0.25, 0.3) is 0 Å². The zero-order valence-corrected chi connectivity index (χ0v) is 13.1. The molecule has 0 amide bonds. The highest BCUT2D eigenvalue weighted by molar-refractivity contribution is 9.10. The third-order valence-corrected chi connectivity index (χ3v) is 4.13. The fourth-order valence-corrected chi connectivity index (χ4v) is 2.67. The number of halogens is 4. The van der Waals surface area contributed by atoms with Crippen LogP contribution in [0, 0.1) is 17.5 Å². The van der Waals surface area contributed by atoms with Gasteiger partial charge in [0, 0.05) is 11.6 Å². The number of benzene rings is 2. The van der Waals surface area contributed by atoms with Gasteiger partial charge in [-0.2, -0.15) is 0 Å². The van der Waals surface area contributed by atoms with Crippen LogP contribution in [0.1, 0.15) is 24.1 Å². The second kappa shape index (κ2) is 7.09. The second-order valence-corrected chi connectivity index (χ2v) is 5.49. The third-order valence-electron chi connectivity index (χ3n) is 3.24. The molecule has 2 rings (SSSR count). The van der Waals surface area contributed by atoms with Crippen LogP contribution < -0.4 is 5.32 Å². The van der Waals surface area contributed by atoms with Gasteiger partial charge < -0.3 is 5.32 Å². The van der Waals surface area contributed by atoms with Crippen LogP contribution in [-0.4, -0.2) is 6.54 Å². The van der Waals surface area contributed by atoms with E-state index in [1.807, 2.05) is 6.92 Å². The van der Waals surface area contributed by atoms with E-state index < -0.39 is 17.7 Å². The number of likely N-dealkylation sites (N-methyl/N-ethyl adjacent to an activating group) is 1. The monoisotopic (exact) mass is 357 g/mol. The molecule has 2 aromatic rings. The summed E-state index contributed by atoms with van der Waals surface area (Å²) in [5.74, 6) is -1.34. The van der Waals surface area contributed by atoms with E-state index in [0.29, 0.717) is 23.0 Å². The average Bonchev–Trinajstić information content (AvgIpc) is 2.46. The lowest BCUT2D eigenvalue weighted by atomic mass is 9.98. The molecule has 0 spiro atoms. The van der Waals surface area contributed by atoms with Crippen LogP contribution in [0.2, 0.25) is 0 Å². The Morgan fingerprint density at radius 2 is 1.86 bits per heavy atom. The minimum Gasteiger partial charge on any atom is -0.310 e. The van der Waals surface area contributed by atoms with Gasteiger partial charge in [0.2, 0.25) is 0 Å². The first-order valence-corrected chi connectivity index (χ1v) is 7.43. The largest absolute Gasteiger partial charge is 0.310 e. The molecule has 0 heterocycles. The summed E-state index contributed by atoms with van der Waals surface area (Å²) < 4.78 is 41.2.